The van der Waals surface area contributed by atoms with E-state index in [9.17, 15) is 0 Å². The van der Waals surface area contributed by atoms with Crippen molar-refractivity contribution in [3.63, 3.8) is 0 Å². The molecule has 0 aliphatic rings. The monoisotopic (exact) mass is 265 g/mol. The van der Waals surface area contributed by atoms with Crippen molar-refractivity contribution in [2.75, 3.05) is 7.05 Å². The predicted molar refractivity (Wildman–Crippen MR) is 88.0 cm³/mol. The molecule has 1 heteroatoms. The molecule has 1 atom stereocenters. The summed E-state index contributed by atoms with van der Waals surface area (Å²) in [4.78, 5) is 2.30. The Hall–Kier alpha value is -0.720. The molecule has 0 aliphatic heterocycles. The molecule has 0 aliphatic carbocycles. The van der Waals surface area contributed by atoms with Gasteiger partial charge in [0, 0.05) is 23.9 Å². The SMILES string of the molecule is C=C(C)N(C)C(=C(CCC)CC(C)CC)C(C)(C)C. The van der Waals surface area contributed by atoms with Crippen LogP contribution >= 0.6 is 0 Å². The highest BCUT2D eigenvalue weighted by Gasteiger charge is 2.25. The van der Waals surface area contributed by atoms with Gasteiger partial charge in [-0.05, 0) is 31.3 Å². The fraction of sp³-hybridized carbons (Fsp3) is 0.778. The fourth-order valence-corrected chi connectivity index (χ4v) is 2.65. The maximum Gasteiger partial charge on any atom is 0.0219 e. The molecule has 0 aromatic carbocycles. The van der Waals surface area contributed by atoms with E-state index in [0.29, 0.717) is 0 Å². The Morgan fingerprint density at radius 3 is 2.05 bits per heavy atom. The van der Waals surface area contributed by atoms with Crippen LogP contribution in [0.3, 0.4) is 0 Å². The lowest BCUT2D eigenvalue weighted by Gasteiger charge is -2.36. The van der Waals surface area contributed by atoms with Crippen LogP contribution in [0.25, 0.3) is 0 Å². The second-order valence-corrected chi connectivity index (χ2v) is 6.96. The number of hydrogen-bond donors (Lipinski definition) is 0. The quantitative estimate of drug-likeness (QED) is 0.546. The lowest BCUT2D eigenvalue weighted by atomic mass is 9.83. The highest BCUT2D eigenvalue weighted by molar-refractivity contribution is 5.23. The third-order valence-corrected chi connectivity index (χ3v) is 3.80. The Kier molecular flexibility index (Phi) is 7.47. The summed E-state index contributed by atoms with van der Waals surface area (Å²) in [6.07, 6.45) is 4.89. The van der Waals surface area contributed by atoms with E-state index in [2.05, 4.69) is 67.0 Å². The molecule has 1 nitrogen and oxygen atoms in total. The third kappa shape index (κ3) is 5.84. The highest BCUT2D eigenvalue weighted by Crippen LogP contribution is 2.36. The molecule has 0 fully saturated rings. The summed E-state index contributed by atoms with van der Waals surface area (Å²) in [5.74, 6) is 0.762. The van der Waals surface area contributed by atoms with E-state index < -0.39 is 0 Å². The minimum absolute atomic E-state index is 0.172. The lowest BCUT2D eigenvalue weighted by molar-refractivity contribution is 0.344. The Balaban J connectivity index is 5.63. The molecular weight excluding hydrogens is 230 g/mol. The van der Waals surface area contributed by atoms with Gasteiger partial charge >= 0.3 is 0 Å². The summed E-state index contributed by atoms with van der Waals surface area (Å²) >= 11 is 0. The Morgan fingerprint density at radius 2 is 1.74 bits per heavy atom. The number of hydrogen-bond acceptors (Lipinski definition) is 1. The van der Waals surface area contributed by atoms with Crippen LogP contribution in [0.5, 0.6) is 0 Å². The fourth-order valence-electron chi connectivity index (χ4n) is 2.65. The zero-order valence-electron chi connectivity index (χ0n) is 14.6. The Labute approximate surface area is 121 Å². The van der Waals surface area contributed by atoms with Gasteiger partial charge in [-0.2, -0.15) is 0 Å². The molecule has 112 valence electrons. The molecular formula is C18H35N. The van der Waals surface area contributed by atoms with E-state index in [4.69, 9.17) is 0 Å². The van der Waals surface area contributed by atoms with E-state index in [-0.39, 0.29) is 5.41 Å². The van der Waals surface area contributed by atoms with Crippen LogP contribution < -0.4 is 0 Å². The summed E-state index contributed by atoms with van der Waals surface area (Å²) < 4.78 is 0. The van der Waals surface area contributed by atoms with Crippen molar-refractivity contribution in [1.82, 2.24) is 4.90 Å². The summed E-state index contributed by atoms with van der Waals surface area (Å²) in [5, 5.41) is 0. The van der Waals surface area contributed by atoms with Crippen LogP contribution in [0, 0.1) is 11.3 Å². The first-order valence-corrected chi connectivity index (χ1v) is 7.76. The van der Waals surface area contributed by atoms with Crippen LogP contribution in [-0.4, -0.2) is 11.9 Å². The van der Waals surface area contributed by atoms with E-state index in [1.807, 2.05) is 0 Å². The molecule has 0 spiro atoms. The molecule has 0 rings (SSSR count). The molecule has 19 heavy (non-hydrogen) atoms. The smallest absolute Gasteiger partial charge is 0.0219 e. The summed E-state index contributed by atoms with van der Waals surface area (Å²) in [6, 6.07) is 0. The topological polar surface area (TPSA) is 3.24 Å². The predicted octanol–water partition coefficient (Wildman–Crippen LogP) is 5.99. The van der Waals surface area contributed by atoms with Gasteiger partial charge in [0.2, 0.25) is 0 Å². The first kappa shape index (κ1) is 18.3. The average molecular weight is 265 g/mol. The van der Waals surface area contributed by atoms with Gasteiger partial charge < -0.3 is 4.90 Å². The minimum atomic E-state index is 0.172. The van der Waals surface area contributed by atoms with E-state index >= 15 is 0 Å². The number of nitrogens with zero attached hydrogens (tertiary/aromatic N) is 1. The van der Waals surface area contributed by atoms with Crippen LogP contribution in [0.2, 0.25) is 0 Å². The van der Waals surface area contributed by atoms with Crippen molar-refractivity contribution in [3.8, 4) is 0 Å². The zero-order valence-corrected chi connectivity index (χ0v) is 14.6. The Morgan fingerprint density at radius 1 is 1.21 bits per heavy atom. The second kappa shape index (κ2) is 7.77. The van der Waals surface area contributed by atoms with Crippen molar-refractivity contribution in [3.05, 3.63) is 23.5 Å². The largest absolute Gasteiger partial charge is 0.352 e. The van der Waals surface area contributed by atoms with Gasteiger partial charge in [0.1, 0.15) is 0 Å². The first-order valence-electron chi connectivity index (χ1n) is 7.76. The van der Waals surface area contributed by atoms with Crippen LogP contribution in [0.4, 0.5) is 0 Å². The van der Waals surface area contributed by atoms with E-state index in [1.165, 1.54) is 31.4 Å². The number of allylic oxidation sites excluding steroid dienone is 3. The average Bonchev–Trinajstić information content (AvgIpc) is 2.27. The van der Waals surface area contributed by atoms with Gasteiger partial charge in [-0.3, -0.25) is 0 Å². The Bertz CT molecular complexity index is 317. The highest BCUT2D eigenvalue weighted by atomic mass is 15.1. The maximum atomic E-state index is 4.12. The van der Waals surface area contributed by atoms with Gasteiger partial charge in [-0.25, -0.2) is 0 Å². The molecule has 0 aromatic heterocycles. The van der Waals surface area contributed by atoms with Gasteiger partial charge in [-0.1, -0.05) is 61.0 Å². The zero-order chi connectivity index (χ0) is 15.2. The molecule has 0 saturated carbocycles. The van der Waals surface area contributed by atoms with Crippen molar-refractivity contribution >= 4 is 0 Å². The van der Waals surface area contributed by atoms with Crippen LogP contribution in [0.1, 0.15) is 74.1 Å². The molecule has 0 heterocycles. The summed E-state index contributed by atoms with van der Waals surface area (Å²) in [5.41, 5.74) is 4.39. The first-order chi connectivity index (χ1) is 8.65. The van der Waals surface area contributed by atoms with Gasteiger partial charge in [0.15, 0.2) is 0 Å². The molecule has 0 bridgehead atoms. The van der Waals surface area contributed by atoms with Crippen LogP contribution in [-0.2, 0) is 0 Å². The van der Waals surface area contributed by atoms with Gasteiger partial charge in [-0.15, -0.1) is 0 Å². The summed E-state index contributed by atoms with van der Waals surface area (Å²) in [6.45, 7) is 20.1. The van der Waals surface area contributed by atoms with Crippen molar-refractivity contribution < 1.29 is 0 Å². The van der Waals surface area contributed by atoms with Gasteiger partial charge in [0.25, 0.3) is 0 Å². The third-order valence-electron chi connectivity index (χ3n) is 3.80. The molecule has 0 amide bonds. The second-order valence-electron chi connectivity index (χ2n) is 6.96. The summed E-state index contributed by atoms with van der Waals surface area (Å²) in [7, 11) is 2.16. The van der Waals surface area contributed by atoms with Crippen molar-refractivity contribution in [1.29, 1.82) is 0 Å². The van der Waals surface area contributed by atoms with Crippen molar-refractivity contribution in [2.24, 2.45) is 11.3 Å². The minimum Gasteiger partial charge on any atom is -0.352 e. The van der Waals surface area contributed by atoms with E-state index in [1.54, 1.807) is 5.57 Å². The molecule has 0 N–H and O–H groups in total. The standard InChI is InChI=1S/C18H35N/c1-10-12-16(13-15(5)11-2)17(18(6,7)8)19(9)14(3)4/h15H,3,10-13H2,1-2,4-9H3. The molecule has 0 aromatic rings. The number of rotatable bonds is 7. The maximum absolute atomic E-state index is 4.12. The van der Waals surface area contributed by atoms with Gasteiger partial charge in [0.05, 0.1) is 0 Å². The molecule has 0 radical (unpaired) electrons. The van der Waals surface area contributed by atoms with Crippen molar-refractivity contribution in [2.45, 2.75) is 74.1 Å². The lowest BCUT2D eigenvalue weighted by Crippen LogP contribution is -2.27. The van der Waals surface area contributed by atoms with E-state index in [0.717, 1.165) is 11.6 Å². The molecule has 0 saturated heterocycles. The van der Waals surface area contributed by atoms with Crippen LogP contribution in [0.15, 0.2) is 23.5 Å². The normalized spacial score (nSPS) is 14.9. The molecule has 1 unspecified atom stereocenters.